The summed E-state index contributed by atoms with van der Waals surface area (Å²) in [6, 6.07) is 7.56. The van der Waals surface area contributed by atoms with Crippen LogP contribution in [-0.2, 0) is 6.61 Å². The number of nitrogens with two attached hydrogens (primary N) is 1. The monoisotopic (exact) mass is 206 g/mol. The molecule has 0 aliphatic carbocycles. The Bertz CT molecular complexity index is 439. The molecule has 4 heteroatoms. The summed E-state index contributed by atoms with van der Waals surface area (Å²) < 4.78 is 0. The van der Waals surface area contributed by atoms with E-state index in [4.69, 9.17) is 10.8 Å². The van der Waals surface area contributed by atoms with Crippen LogP contribution in [0.4, 0.5) is 5.69 Å². The third kappa shape index (κ3) is 1.76. The van der Waals surface area contributed by atoms with Crippen molar-refractivity contribution in [3.63, 3.8) is 0 Å². The molecular weight excluding hydrogens is 196 g/mol. The molecule has 2 aromatic rings. The standard InChI is InChI=1S/C10H10N2OS/c11-8-3-1-2-7(4-8)10-12-9(5-13)6-14-10/h1-4,6,13H,5,11H2. The number of nitrogen functional groups attached to an aromatic ring is 1. The maximum Gasteiger partial charge on any atom is 0.123 e. The van der Waals surface area contributed by atoms with Crippen LogP contribution >= 0.6 is 11.3 Å². The van der Waals surface area contributed by atoms with Crippen LogP contribution in [0.25, 0.3) is 10.6 Å². The normalized spacial score (nSPS) is 10.4. The number of nitrogens with zero attached hydrogens (tertiary/aromatic N) is 1. The van der Waals surface area contributed by atoms with Crippen LogP contribution in [0.3, 0.4) is 0 Å². The number of rotatable bonds is 2. The van der Waals surface area contributed by atoms with Crippen LogP contribution in [0.15, 0.2) is 29.6 Å². The minimum absolute atomic E-state index is 0.0151. The molecule has 0 aliphatic heterocycles. The van der Waals surface area contributed by atoms with Crippen LogP contribution in [0, 0.1) is 0 Å². The summed E-state index contributed by atoms with van der Waals surface area (Å²) in [5.74, 6) is 0. The van der Waals surface area contributed by atoms with Gasteiger partial charge in [-0.15, -0.1) is 11.3 Å². The first-order valence-corrected chi connectivity index (χ1v) is 5.09. The van der Waals surface area contributed by atoms with Gasteiger partial charge in [-0.05, 0) is 12.1 Å². The van der Waals surface area contributed by atoms with Gasteiger partial charge in [-0.2, -0.15) is 0 Å². The number of anilines is 1. The fraction of sp³-hybridized carbons (Fsp3) is 0.100. The number of aliphatic hydroxyl groups excluding tert-OH is 1. The van der Waals surface area contributed by atoms with E-state index >= 15 is 0 Å². The molecule has 1 aromatic heterocycles. The van der Waals surface area contributed by atoms with Crippen molar-refractivity contribution < 1.29 is 5.11 Å². The molecule has 0 fully saturated rings. The zero-order valence-electron chi connectivity index (χ0n) is 7.47. The average Bonchev–Trinajstić information content (AvgIpc) is 2.66. The Labute approximate surface area is 85.8 Å². The second kappa shape index (κ2) is 3.77. The van der Waals surface area contributed by atoms with E-state index in [1.165, 1.54) is 11.3 Å². The van der Waals surface area contributed by atoms with Crippen molar-refractivity contribution in [2.24, 2.45) is 0 Å². The Morgan fingerprint density at radius 3 is 2.93 bits per heavy atom. The molecule has 0 radical (unpaired) electrons. The van der Waals surface area contributed by atoms with E-state index < -0.39 is 0 Å². The zero-order chi connectivity index (χ0) is 9.97. The Balaban J connectivity index is 2.39. The summed E-state index contributed by atoms with van der Waals surface area (Å²) in [6.07, 6.45) is 0. The van der Waals surface area contributed by atoms with Gasteiger partial charge in [-0.25, -0.2) is 4.98 Å². The Hall–Kier alpha value is -1.39. The van der Waals surface area contributed by atoms with Gasteiger partial charge in [0.1, 0.15) is 5.01 Å². The zero-order valence-corrected chi connectivity index (χ0v) is 8.29. The smallest absolute Gasteiger partial charge is 0.123 e. The first-order valence-electron chi connectivity index (χ1n) is 4.21. The van der Waals surface area contributed by atoms with E-state index in [2.05, 4.69) is 4.98 Å². The van der Waals surface area contributed by atoms with Crippen molar-refractivity contribution in [2.75, 3.05) is 5.73 Å². The van der Waals surface area contributed by atoms with Gasteiger partial charge in [0.2, 0.25) is 0 Å². The van der Waals surface area contributed by atoms with Gasteiger partial charge in [0, 0.05) is 16.6 Å². The van der Waals surface area contributed by atoms with Gasteiger partial charge in [0.25, 0.3) is 0 Å². The van der Waals surface area contributed by atoms with Crippen molar-refractivity contribution in [1.29, 1.82) is 0 Å². The molecule has 0 spiro atoms. The van der Waals surface area contributed by atoms with Crippen molar-refractivity contribution in [1.82, 2.24) is 4.98 Å². The van der Waals surface area contributed by atoms with Crippen molar-refractivity contribution in [3.05, 3.63) is 35.3 Å². The number of hydrogen-bond donors (Lipinski definition) is 2. The first kappa shape index (κ1) is 9.18. The van der Waals surface area contributed by atoms with Crippen LogP contribution in [0.5, 0.6) is 0 Å². The van der Waals surface area contributed by atoms with Crippen molar-refractivity contribution in [2.45, 2.75) is 6.61 Å². The van der Waals surface area contributed by atoms with Gasteiger partial charge in [-0.1, -0.05) is 12.1 Å². The molecule has 2 rings (SSSR count). The second-order valence-corrected chi connectivity index (χ2v) is 3.79. The molecule has 0 aliphatic rings. The minimum Gasteiger partial charge on any atom is -0.399 e. The van der Waals surface area contributed by atoms with Crippen LogP contribution in [-0.4, -0.2) is 10.1 Å². The highest BCUT2D eigenvalue weighted by Gasteiger charge is 2.03. The molecule has 0 atom stereocenters. The van der Waals surface area contributed by atoms with E-state index in [0.717, 1.165) is 16.3 Å². The number of aliphatic hydroxyl groups is 1. The largest absolute Gasteiger partial charge is 0.399 e. The number of benzene rings is 1. The molecule has 0 amide bonds. The van der Waals surface area contributed by atoms with Gasteiger partial charge in [0.15, 0.2) is 0 Å². The third-order valence-electron chi connectivity index (χ3n) is 1.85. The fourth-order valence-corrected chi connectivity index (χ4v) is 1.99. The average molecular weight is 206 g/mol. The lowest BCUT2D eigenvalue weighted by atomic mass is 10.2. The van der Waals surface area contributed by atoms with Crippen LogP contribution < -0.4 is 5.73 Å². The number of aromatic nitrogens is 1. The van der Waals surface area contributed by atoms with Crippen molar-refractivity contribution in [3.8, 4) is 10.6 Å². The first-order chi connectivity index (χ1) is 6.79. The van der Waals surface area contributed by atoms with E-state index in [1.807, 2.05) is 29.6 Å². The summed E-state index contributed by atoms with van der Waals surface area (Å²) in [6.45, 7) is -0.0151. The topological polar surface area (TPSA) is 59.1 Å². The van der Waals surface area contributed by atoms with Gasteiger partial charge >= 0.3 is 0 Å². The third-order valence-corrected chi connectivity index (χ3v) is 2.79. The molecule has 0 saturated heterocycles. The molecule has 0 unspecified atom stereocenters. The summed E-state index contributed by atoms with van der Waals surface area (Å²) >= 11 is 1.51. The number of hydrogen-bond acceptors (Lipinski definition) is 4. The highest BCUT2D eigenvalue weighted by Crippen LogP contribution is 2.24. The Morgan fingerprint density at radius 2 is 2.29 bits per heavy atom. The Kier molecular flexibility index (Phi) is 2.47. The van der Waals surface area contributed by atoms with Gasteiger partial charge < -0.3 is 10.8 Å². The molecule has 14 heavy (non-hydrogen) atoms. The van der Waals surface area contributed by atoms with E-state index in [1.54, 1.807) is 0 Å². The van der Waals surface area contributed by atoms with E-state index in [-0.39, 0.29) is 6.61 Å². The summed E-state index contributed by atoms with van der Waals surface area (Å²) in [7, 11) is 0. The minimum atomic E-state index is -0.0151. The van der Waals surface area contributed by atoms with Crippen molar-refractivity contribution >= 4 is 17.0 Å². The molecule has 1 aromatic carbocycles. The highest BCUT2D eigenvalue weighted by atomic mass is 32.1. The SMILES string of the molecule is Nc1cccc(-c2nc(CO)cs2)c1. The quantitative estimate of drug-likeness (QED) is 0.738. The van der Waals surface area contributed by atoms with E-state index in [9.17, 15) is 0 Å². The molecule has 1 heterocycles. The van der Waals surface area contributed by atoms with Gasteiger partial charge in [-0.3, -0.25) is 0 Å². The van der Waals surface area contributed by atoms with E-state index in [0.29, 0.717) is 5.69 Å². The molecule has 3 nitrogen and oxygen atoms in total. The van der Waals surface area contributed by atoms with Crippen LogP contribution in [0.1, 0.15) is 5.69 Å². The maximum atomic E-state index is 8.87. The molecule has 3 N–H and O–H groups in total. The Morgan fingerprint density at radius 1 is 1.43 bits per heavy atom. The predicted octanol–water partition coefficient (Wildman–Crippen LogP) is 1.88. The van der Waals surface area contributed by atoms with Gasteiger partial charge in [0.05, 0.1) is 12.3 Å². The molecule has 0 bridgehead atoms. The fourth-order valence-electron chi connectivity index (χ4n) is 1.18. The summed E-state index contributed by atoms with van der Waals surface area (Å²) in [5, 5.41) is 11.6. The predicted molar refractivity (Wildman–Crippen MR) is 57.9 cm³/mol. The van der Waals surface area contributed by atoms with Crippen LogP contribution in [0.2, 0.25) is 0 Å². The molecular formula is C10H10N2OS. The summed E-state index contributed by atoms with van der Waals surface area (Å²) in [5.41, 5.74) is 8.08. The number of thiazole rings is 1. The summed E-state index contributed by atoms with van der Waals surface area (Å²) in [4.78, 5) is 4.25. The lowest BCUT2D eigenvalue weighted by Crippen LogP contribution is -1.86. The lowest BCUT2D eigenvalue weighted by Gasteiger charge is -1.97. The molecule has 0 saturated carbocycles. The second-order valence-electron chi connectivity index (χ2n) is 2.93. The lowest BCUT2D eigenvalue weighted by molar-refractivity contribution is 0.278. The highest BCUT2D eigenvalue weighted by molar-refractivity contribution is 7.13. The molecule has 72 valence electrons. The maximum absolute atomic E-state index is 8.87.